The van der Waals surface area contributed by atoms with Crippen LogP contribution in [0.1, 0.15) is 25.7 Å². The van der Waals surface area contributed by atoms with E-state index < -0.39 is 10.0 Å². The van der Waals surface area contributed by atoms with Crippen molar-refractivity contribution >= 4 is 43.5 Å². The number of halogens is 1. The van der Waals surface area contributed by atoms with Crippen molar-refractivity contribution in [3.63, 3.8) is 0 Å². The van der Waals surface area contributed by atoms with Crippen LogP contribution in [-0.4, -0.2) is 32.0 Å². The summed E-state index contributed by atoms with van der Waals surface area (Å²) in [6.07, 6.45) is 7.72. The Balaban J connectivity index is 2.44. The lowest BCUT2D eigenvalue weighted by molar-refractivity contribution is 0.574. The molecule has 5 nitrogen and oxygen atoms in total. The minimum atomic E-state index is -3.58. The van der Waals surface area contributed by atoms with E-state index in [0.29, 0.717) is 11.0 Å². The monoisotopic (exact) mass is 381 g/mol. The highest BCUT2D eigenvalue weighted by molar-refractivity contribution is 9.10. The van der Waals surface area contributed by atoms with Crippen molar-refractivity contribution in [1.29, 1.82) is 0 Å². The largest absolute Gasteiger partial charge is 0.383 e. The Morgan fingerprint density at radius 1 is 1.35 bits per heavy atom. The van der Waals surface area contributed by atoms with Gasteiger partial charge in [0.05, 0.1) is 0 Å². The van der Waals surface area contributed by atoms with Gasteiger partial charge in [-0.25, -0.2) is 18.1 Å². The van der Waals surface area contributed by atoms with E-state index in [0.717, 1.165) is 25.0 Å². The number of hydrogen-bond donors (Lipinski definition) is 2. The number of thioether (sulfide) groups is 1. The van der Waals surface area contributed by atoms with Gasteiger partial charge in [-0.2, -0.15) is 11.8 Å². The standard InChI is InChI=1S/C12H20BrN3O2S2/c1-19-7-5-3-2-4-6-16-20(17,18)11-8-10(13)9-15-12(11)14/h8-9,16H,2-7H2,1H3,(H2,14,15). The quantitative estimate of drug-likeness (QED) is 0.642. The van der Waals surface area contributed by atoms with Crippen LogP contribution >= 0.6 is 27.7 Å². The molecule has 0 saturated heterocycles. The van der Waals surface area contributed by atoms with Crippen molar-refractivity contribution in [3.8, 4) is 0 Å². The van der Waals surface area contributed by atoms with Crippen LogP contribution in [0.4, 0.5) is 5.82 Å². The highest BCUT2D eigenvalue weighted by Gasteiger charge is 2.18. The second-order valence-corrected chi connectivity index (χ2v) is 7.98. The molecule has 20 heavy (non-hydrogen) atoms. The molecule has 0 bridgehead atoms. The van der Waals surface area contributed by atoms with E-state index in [9.17, 15) is 8.42 Å². The Kier molecular flexibility index (Phi) is 7.86. The van der Waals surface area contributed by atoms with Gasteiger partial charge >= 0.3 is 0 Å². The van der Waals surface area contributed by atoms with E-state index in [-0.39, 0.29) is 10.7 Å². The molecule has 0 amide bonds. The molecule has 0 atom stereocenters. The number of sulfonamides is 1. The molecule has 1 rings (SSSR count). The maximum atomic E-state index is 12.1. The van der Waals surface area contributed by atoms with Crippen molar-refractivity contribution < 1.29 is 8.42 Å². The Morgan fingerprint density at radius 3 is 2.75 bits per heavy atom. The van der Waals surface area contributed by atoms with Crippen LogP contribution < -0.4 is 10.5 Å². The first-order valence-electron chi connectivity index (χ1n) is 6.37. The number of nitrogens with two attached hydrogens (primary N) is 1. The third kappa shape index (κ3) is 5.99. The lowest BCUT2D eigenvalue weighted by Gasteiger charge is -2.08. The molecule has 0 saturated carbocycles. The zero-order chi connectivity index (χ0) is 15.0. The zero-order valence-corrected chi connectivity index (χ0v) is 14.7. The first kappa shape index (κ1) is 17.7. The summed E-state index contributed by atoms with van der Waals surface area (Å²) in [5.41, 5.74) is 5.61. The van der Waals surface area contributed by atoms with Crippen LogP contribution in [0.25, 0.3) is 0 Å². The summed E-state index contributed by atoms with van der Waals surface area (Å²) in [7, 11) is -3.58. The topological polar surface area (TPSA) is 85.1 Å². The van der Waals surface area contributed by atoms with Gasteiger partial charge in [0.2, 0.25) is 10.0 Å². The molecule has 1 aromatic rings. The Hall–Kier alpha value is -0.310. The van der Waals surface area contributed by atoms with E-state index in [1.54, 1.807) is 0 Å². The molecular weight excluding hydrogens is 362 g/mol. The number of unbranched alkanes of at least 4 members (excludes halogenated alkanes) is 3. The van der Waals surface area contributed by atoms with Gasteiger partial charge in [-0.05, 0) is 46.8 Å². The van der Waals surface area contributed by atoms with E-state index in [1.165, 1.54) is 18.7 Å². The van der Waals surface area contributed by atoms with Gasteiger partial charge in [0.25, 0.3) is 0 Å². The van der Waals surface area contributed by atoms with Crippen LogP contribution in [0.2, 0.25) is 0 Å². The number of aromatic nitrogens is 1. The van der Waals surface area contributed by atoms with Gasteiger partial charge < -0.3 is 5.73 Å². The number of nitrogens with zero attached hydrogens (tertiary/aromatic N) is 1. The number of hydrogen-bond acceptors (Lipinski definition) is 5. The van der Waals surface area contributed by atoms with Gasteiger partial charge in [0.15, 0.2) is 0 Å². The summed E-state index contributed by atoms with van der Waals surface area (Å²) in [4.78, 5) is 3.85. The fourth-order valence-electron chi connectivity index (χ4n) is 1.66. The van der Waals surface area contributed by atoms with Crippen LogP contribution in [-0.2, 0) is 10.0 Å². The zero-order valence-electron chi connectivity index (χ0n) is 11.4. The summed E-state index contributed by atoms with van der Waals surface area (Å²) >= 11 is 5.03. The van der Waals surface area contributed by atoms with Crippen LogP contribution in [0.15, 0.2) is 21.6 Å². The maximum absolute atomic E-state index is 12.1. The molecule has 0 aromatic carbocycles. The van der Waals surface area contributed by atoms with Gasteiger partial charge in [-0.1, -0.05) is 12.8 Å². The van der Waals surface area contributed by atoms with Crippen molar-refractivity contribution in [2.24, 2.45) is 0 Å². The SMILES string of the molecule is CSCCCCCCNS(=O)(=O)c1cc(Br)cnc1N. The van der Waals surface area contributed by atoms with E-state index in [4.69, 9.17) is 5.73 Å². The average Bonchev–Trinajstić information content (AvgIpc) is 2.40. The normalized spacial score (nSPS) is 11.7. The van der Waals surface area contributed by atoms with Crippen molar-refractivity contribution in [2.75, 3.05) is 24.3 Å². The fraction of sp³-hybridized carbons (Fsp3) is 0.583. The molecule has 3 N–H and O–H groups in total. The van der Waals surface area contributed by atoms with E-state index in [1.807, 2.05) is 11.8 Å². The first-order chi connectivity index (χ1) is 9.47. The van der Waals surface area contributed by atoms with E-state index >= 15 is 0 Å². The van der Waals surface area contributed by atoms with Crippen LogP contribution in [0.3, 0.4) is 0 Å². The number of pyridine rings is 1. The first-order valence-corrected chi connectivity index (χ1v) is 10.0. The number of anilines is 1. The highest BCUT2D eigenvalue weighted by atomic mass is 79.9. The van der Waals surface area contributed by atoms with Crippen molar-refractivity contribution in [3.05, 3.63) is 16.7 Å². The summed E-state index contributed by atoms with van der Waals surface area (Å²) in [6.45, 7) is 0.424. The lowest BCUT2D eigenvalue weighted by atomic mass is 10.2. The molecular formula is C12H20BrN3O2S2. The third-order valence-corrected chi connectivity index (χ3v) is 5.33. The Morgan fingerprint density at radius 2 is 2.05 bits per heavy atom. The second-order valence-electron chi connectivity index (χ2n) is 4.34. The molecule has 114 valence electrons. The summed E-state index contributed by atoms with van der Waals surface area (Å²) in [5.74, 6) is 1.17. The van der Waals surface area contributed by atoms with Gasteiger partial charge in [-0.3, -0.25) is 0 Å². The van der Waals surface area contributed by atoms with E-state index in [2.05, 4.69) is 31.9 Å². The van der Waals surface area contributed by atoms with Crippen molar-refractivity contribution in [1.82, 2.24) is 9.71 Å². The van der Waals surface area contributed by atoms with Crippen LogP contribution in [0, 0.1) is 0 Å². The molecule has 1 aromatic heterocycles. The molecule has 1 heterocycles. The molecule has 8 heteroatoms. The minimum absolute atomic E-state index is 0.0145. The smallest absolute Gasteiger partial charge is 0.244 e. The number of nitrogen functional groups attached to an aromatic ring is 1. The maximum Gasteiger partial charge on any atom is 0.244 e. The minimum Gasteiger partial charge on any atom is -0.383 e. The third-order valence-electron chi connectivity index (χ3n) is 2.71. The van der Waals surface area contributed by atoms with Gasteiger partial charge in [0.1, 0.15) is 10.7 Å². The lowest BCUT2D eigenvalue weighted by Crippen LogP contribution is -2.26. The molecule has 0 aliphatic carbocycles. The summed E-state index contributed by atoms with van der Waals surface area (Å²) in [6, 6.07) is 1.46. The molecule has 0 unspecified atom stereocenters. The van der Waals surface area contributed by atoms with Gasteiger partial charge in [0, 0.05) is 17.2 Å². The second kappa shape index (κ2) is 8.86. The Bertz CT molecular complexity index is 523. The highest BCUT2D eigenvalue weighted by Crippen LogP contribution is 2.20. The number of nitrogens with one attached hydrogen (secondary N) is 1. The van der Waals surface area contributed by atoms with Gasteiger partial charge in [-0.15, -0.1) is 0 Å². The fourth-order valence-corrected chi connectivity index (χ4v) is 3.81. The predicted molar refractivity (Wildman–Crippen MR) is 88.4 cm³/mol. The average molecular weight is 382 g/mol. The summed E-state index contributed by atoms with van der Waals surface area (Å²) < 4.78 is 27.3. The number of rotatable bonds is 9. The van der Waals surface area contributed by atoms with Crippen molar-refractivity contribution in [2.45, 2.75) is 30.6 Å². The molecule has 0 fully saturated rings. The molecule has 0 aliphatic heterocycles. The summed E-state index contributed by atoms with van der Waals surface area (Å²) in [5, 5.41) is 0. The van der Waals surface area contributed by atoms with Crippen LogP contribution in [0.5, 0.6) is 0 Å². The molecule has 0 radical (unpaired) electrons. The predicted octanol–water partition coefficient (Wildman–Crippen LogP) is 2.63. The Labute approximate surface area is 133 Å². The molecule has 0 aliphatic rings. The molecule has 0 spiro atoms.